The maximum Gasteiger partial charge on any atom is 0.406 e. The third-order valence-corrected chi connectivity index (χ3v) is 10.3. The minimum atomic E-state index is -3.62. The van der Waals surface area contributed by atoms with Crippen LogP contribution in [0.15, 0.2) is 11.6 Å². The Hall–Kier alpha value is -0.920. The fourth-order valence-electron chi connectivity index (χ4n) is 7.20. The highest BCUT2D eigenvalue weighted by atomic mass is 31.2. The molecular formula is C26H39O5P. The van der Waals surface area contributed by atoms with Gasteiger partial charge in [0.1, 0.15) is 5.60 Å². The van der Waals surface area contributed by atoms with Gasteiger partial charge in [-0.15, -0.1) is 0 Å². The summed E-state index contributed by atoms with van der Waals surface area (Å²) in [6.45, 7) is 9.43. The summed E-state index contributed by atoms with van der Waals surface area (Å²) >= 11 is 0. The topological polar surface area (TPSA) is 72.8 Å². The lowest BCUT2D eigenvalue weighted by Gasteiger charge is -2.54. The average Bonchev–Trinajstić information content (AvgIpc) is 2.96. The number of rotatable bonds is 4. The maximum absolute atomic E-state index is 13.2. The Kier molecular flexibility index (Phi) is 6.58. The van der Waals surface area contributed by atoms with Gasteiger partial charge in [-0.3, -0.25) is 13.8 Å². The molecule has 3 saturated carbocycles. The lowest BCUT2D eigenvalue weighted by molar-refractivity contribution is -0.116. The monoisotopic (exact) mass is 462 g/mol. The van der Waals surface area contributed by atoms with Gasteiger partial charge >= 0.3 is 7.60 Å². The van der Waals surface area contributed by atoms with E-state index in [9.17, 15) is 14.5 Å². The number of hydrogen-bond acceptors (Lipinski definition) is 5. The van der Waals surface area contributed by atoms with E-state index >= 15 is 0 Å². The first-order valence-corrected chi connectivity index (χ1v) is 14.0. The summed E-state index contributed by atoms with van der Waals surface area (Å²) in [4.78, 5) is 11.9. The predicted molar refractivity (Wildman–Crippen MR) is 125 cm³/mol. The van der Waals surface area contributed by atoms with Crippen LogP contribution < -0.4 is 0 Å². The maximum atomic E-state index is 13.2. The summed E-state index contributed by atoms with van der Waals surface area (Å²) in [5.41, 5.74) is 2.65. The standard InChI is InChI=1S/C26H39O5P/c1-17(2)30-32(29,31-18(3)4)15-14-26(28)13-11-24-23-8-6-19-16-20(27)7-9-21(19)22(23)10-12-25(24,26)5/h16-18,21-24,28H,6-13H2,1-5H3/t21-,22+,23+,24-,25-,26+/m0/s1. The number of ketones is 1. The van der Waals surface area contributed by atoms with E-state index < -0.39 is 13.2 Å². The predicted octanol–water partition coefficient (Wildman–Crippen LogP) is 5.86. The van der Waals surface area contributed by atoms with Crippen LogP contribution in [0.4, 0.5) is 0 Å². The molecule has 0 aliphatic heterocycles. The number of fused-ring (bicyclic) bond motifs is 5. The Morgan fingerprint density at radius 1 is 1.03 bits per heavy atom. The van der Waals surface area contributed by atoms with Gasteiger partial charge in [0.15, 0.2) is 5.78 Å². The molecule has 4 aliphatic carbocycles. The van der Waals surface area contributed by atoms with E-state index in [1.807, 2.05) is 33.8 Å². The number of aliphatic hydroxyl groups is 1. The van der Waals surface area contributed by atoms with E-state index in [2.05, 4.69) is 18.5 Å². The van der Waals surface area contributed by atoms with Gasteiger partial charge in [-0.2, -0.15) is 0 Å². The van der Waals surface area contributed by atoms with Crippen molar-refractivity contribution in [2.45, 2.75) is 104 Å². The van der Waals surface area contributed by atoms with Crippen molar-refractivity contribution in [1.29, 1.82) is 0 Å². The lowest BCUT2D eigenvalue weighted by atomic mass is 9.50. The molecule has 6 atom stereocenters. The van der Waals surface area contributed by atoms with Crippen LogP contribution in [-0.2, 0) is 18.4 Å². The number of hydrogen-bond donors (Lipinski definition) is 1. The molecule has 178 valence electrons. The van der Waals surface area contributed by atoms with Gasteiger partial charge in [0.05, 0.1) is 12.2 Å². The molecular weight excluding hydrogens is 423 g/mol. The first-order valence-electron chi connectivity index (χ1n) is 12.4. The van der Waals surface area contributed by atoms with Crippen LogP contribution in [0.2, 0.25) is 0 Å². The van der Waals surface area contributed by atoms with Crippen LogP contribution in [0, 0.1) is 40.7 Å². The molecule has 0 bridgehead atoms. The smallest absolute Gasteiger partial charge is 0.377 e. The molecule has 0 spiro atoms. The van der Waals surface area contributed by atoms with Gasteiger partial charge in [-0.05, 0) is 102 Å². The Labute approximate surface area is 193 Å². The van der Waals surface area contributed by atoms with Crippen molar-refractivity contribution < 1.29 is 23.5 Å². The molecule has 0 aromatic heterocycles. The molecule has 0 heterocycles. The number of allylic oxidation sites excluding steroid dienone is 1. The van der Waals surface area contributed by atoms with Crippen LogP contribution in [-0.4, -0.2) is 28.7 Å². The minimum Gasteiger partial charge on any atom is -0.377 e. The molecule has 0 unspecified atom stereocenters. The van der Waals surface area contributed by atoms with Crippen LogP contribution >= 0.6 is 7.60 Å². The summed E-state index contributed by atoms with van der Waals surface area (Å²) in [6, 6.07) is 0. The zero-order valence-electron chi connectivity index (χ0n) is 20.2. The van der Waals surface area contributed by atoms with Crippen molar-refractivity contribution in [2.24, 2.45) is 29.1 Å². The number of carbonyl (C=O) groups excluding carboxylic acids is 1. The van der Waals surface area contributed by atoms with E-state index in [4.69, 9.17) is 9.05 Å². The minimum absolute atomic E-state index is 0.280. The summed E-state index contributed by atoms with van der Waals surface area (Å²) in [5.74, 6) is 5.44. The fourth-order valence-corrected chi connectivity index (χ4v) is 8.78. The van der Waals surface area contributed by atoms with Crippen molar-refractivity contribution in [3.8, 4) is 11.6 Å². The molecule has 0 aromatic carbocycles. The van der Waals surface area contributed by atoms with Crippen molar-refractivity contribution in [3.05, 3.63) is 11.6 Å². The summed E-state index contributed by atoms with van der Waals surface area (Å²) in [7, 11) is -3.62. The highest BCUT2D eigenvalue weighted by Gasteiger charge is 2.62. The molecule has 4 aliphatic rings. The lowest BCUT2D eigenvalue weighted by Crippen LogP contribution is -2.52. The molecule has 4 rings (SSSR count). The van der Waals surface area contributed by atoms with E-state index in [1.54, 1.807) is 0 Å². The van der Waals surface area contributed by atoms with E-state index in [0.29, 0.717) is 36.5 Å². The Morgan fingerprint density at radius 2 is 1.72 bits per heavy atom. The second kappa shape index (κ2) is 8.70. The average molecular weight is 463 g/mol. The molecule has 1 N–H and O–H groups in total. The highest BCUT2D eigenvalue weighted by molar-refractivity contribution is 7.59. The Morgan fingerprint density at radius 3 is 2.38 bits per heavy atom. The van der Waals surface area contributed by atoms with Gasteiger partial charge in [0.2, 0.25) is 0 Å². The quantitative estimate of drug-likeness (QED) is 0.418. The Balaban J connectivity index is 1.59. The van der Waals surface area contributed by atoms with Gasteiger partial charge in [0, 0.05) is 17.5 Å². The van der Waals surface area contributed by atoms with Gasteiger partial charge in [0.25, 0.3) is 0 Å². The fraction of sp³-hybridized carbons (Fsp3) is 0.808. The van der Waals surface area contributed by atoms with Gasteiger partial charge in [-0.1, -0.05) is 18.4 Å². The number of carbonyl (C=O) groups is 1. The molecule has 0 radical (unpaired) electrons. The molecule has 3 fully saturated rings. The van der Waals surface area contributed by atoms with Crippen molar-refractivity contribution in [1.82, 2.24) is 0 Å². The SMILES string of the molecule is CC(C)OP(=O)(C#C[C@]1(O)CC[C@H]2[C@@H]3CCC4=CC(=O)CC[C@@H]4[C@H]3CC[C@@]21C)OC(C)C. The second-order valence-electron chi connectivity index (χ2n) is 11.2. The largest absolute Gasteiger partial charge is 0.406 e. The van der Waals surface area contributed by atoms with E-state index in [1.165, 1.54) is 5.57 Å². The van der Waals surface area contributed by atoms with Gasteiger partial charge in [-0.25, -0.2) is 4.57 Å². The first-order chi connectivity index (χ1) is 15.0. The highest BCUT2D eigenvalue weighted by Crippen LogP contribution is 2.65. The molecule has 5 nitrogen and oxygen atoms in total. The normalized spacial score (nSPS) is 39.1. The van der Waals surface area contributed by atoms with Gasteiger partial charge < -0.3 is 5.11 Å². The zero-order valence-corrected chi connectivity index (χ0v) is 21.1. The first kappa shape index (κ1) is 24.2. The third kappa shape index (κ3) is 4.29. The summed E-state index contributed by atoms with van der Waals surface area (Å²) in [5, 5.41) is 11.8. The van der Waals surface area contributed by atoms with E-state index in [0.717, 1.165) is 38.5 Å². The molecule has 0 aromatic rings. The third-order valence-electron chi connectivity index (χ3n) is 8.55. The van der Waals surface area contributed by atoms with Crippen LogP contribution in [0.5, 0.6) is 0 Å². The van der Waals surface area contributed by atoms with Crippen molar-refractivity contribution >= 4 is 13.4 Å². The summed E-state index contributed by atoms with van der Waals surface area (Å²) < 4.78 is 24.4. The van der Waals surface area contributed by atoms with Crippen molar-refractivity contribution in [2.75, 3.05) is 0 Å². The zero-order chi connectivity index (χ0) is 23.3. The molecule has 32 heavy (non-hydrogen) atoms. The van der Waals surface area contributed by atoms with E-state index in [-0.39, 0.29) is 23.4 Å². The molecule has 6 heteroatoms. The van der Waals surface area contributed by atoms with Crippen LogP contribution in [0.25, 0.3) is 0 Å². The van der Waals surface area contributed by atoms with Crippen LogP contribution in [0.1, 0.15) is 86.0 Å². The Bertz CT molecular complexity index is 882. The summed E-state index contributed by atoms with van der Waals surface area (Å²) in [6.07, 6.45) is 8.63. The second-order valence-corrected chi connectivity index (χ2v) is 12.8. The molecule has 0 amide bonds. The van der Waals surface area contributed by atoms with Crippen LogP contribution in [0.3, 0.4) is 0 Å². The molecule has 0 saturated heterocycles. The van der Waals surface area contributed by atoms with Crippen molar-refractivity contribution in [3.63, 3.8) is 0 Å².